The van der Waals surface area contributed by atoms with Crippen LogP contribution in [-0.4, -0.2) is 0 Å². The lowest BCUT2D eigenvalue weighted by atomic mass is 10.0. The average molecular weight is 188 g/mol. The summed E-state index contributed by atoms with van der Waals surface area (Å²) in [6.07, 6.45) is 5.81. The fourth-order valence-corrected chi connectivity index (χ4v) is 1.34. The highest BCUT2D eigenvalue weighted by Gasteiger charge is 2.04. The fraction of sp³-hybridized carbons (Fsp3) is 0.167. The van der Waals surface area contributed by atoms with Crippen LogP contribution in [0.2, 0.25) is 0 Å². The second-order valence-corrected chi connectivity index (χ2v) is 3.05. The molecule has 1 aromatic rings. The minimum Gasteiger partial charge on any atom is -0.398 e. The van der Waals surface area contributed by atoms with Gasteiger partial charge in [0.25, 0.3) is 0 Å². The predicted molar refractivity (Wildman–Crippen MR) is 63.4 cm³/mol. The van der Waals surface area contributed by atoms with Gasteiger partial charge in [0, 0.05) is 22.5 Å². The molecule has 1 rings (SSSR count). The third-order valence-corrected chi connectivity index (χ3v) is 2.10. The highest BCUT2D eigenvalue weighted by atomic mass is 14.6. The van der Waals surface area contributed by atoms with E-state index in [0.29, 0.717) is 0 Å². The third-order valence-electron chi connectivity index (χ3n) is 2.10. The molecule has 0 radical (unpaired) electrons. The molecule has 0 bridgehead atoms. The predicted octanol–water partition coefficient (Wildman–Crippen LogP) is 2.62. The van der Waals surface area contributed by atoms with Crippen LogP contribution in [-0.2, 0) is 0 Å². The lowest BCUT2D eigenvalue weighted by Gasteiger charge is -2.08. The van der Waals surface area contributed by atoms with Crippen LogP contribution in [0.5, 0.6) is 0 Å². The maximum absolute atomic E-state index is 5.87. The normalized spacial score (nSPS) is 12.3. The first-order valence-electron chi connectivity index (χ1n) is 4.64. The zero-order valence-electron chi connectivity index (χ0n) is 8.62. The summed E-state index contributed by atoms with van der Waals surface area (Å²) in [6, 6.07) is 5.76. The summed E-state index contributed by atoms with van der Waals surface area (Å²) in [5.41, 5.74) is 15.2. The second kappa shape index (κ2) is 4.51. The Bertz CT molecular complexity index is 376. The Labute approximate surface area is 84.9 Å². The highest BCUT2D eigenvalue weighted by molar-refractivity contribution is 5.78. The molecule has 2 nitrogen and oxygen atoms in total. The van der Waals surface area contributed by atoms with Gasteiger partial charge in [-0.05, 0) is 19.9 Å². The quantitative estimate of drug-likeness (QED) is 0.701. The average Bonchev–Trinajstić information content (AvgIpc) is 2.20. The van der Waals surface area contributed by atoms with Crippen molar-refractivity contribution in [3.63, 3.8) is 0 Å². The molecule has 2 heteroatoms. The van der Waals surface area contributed by atoms with Crippen molar-refractivity contribution in [3.05, 3.63) is 41.5 Å². The number of rotatable bonds is 2. The van der Waals surface area contributed by atoms with Gasteiger partial charge in [-0.1, -0.05) is 30.4 Å². The number of hydrogen-bond donors (Lipinski definition) is 2. The van der Waals surface area contributed by atoms with Crippen LogP contribution < -0.4 is 11.5 Å². The number of nitrogens with two attached hydrogens (primary N) is 2. The van der Waals surface area contributed by atoms with Crippen molar-refractivity contribution in [1.29, 1.82) is 0 Å². The molecule has 0 spiro atoms. The molecule has 0 aliphatic carbocycles. The minimum absolute atomic E-state index is 0.755. The molecule has 0 atom stereocenters. The second-order valence-electron chi connectivity index (χ2n) is 3.05. The fourth-order valence-electron chi connectivity index (χ4n) is 1.34. The summed E-state index contributed by atoms with van der Waals surface area (Å²) in [5.74, 6) is 0. The van der Waals surface area contributed by atoms with Crippen LogP contribution in [0.25, 0.3) is 11.8 Å². The Hall–Kier alpha value is -1.70. The molecule has 0 heterocycles. The molecule has 74 valence electrons. The van der Waals surface area contributed by atoms with Crippen molar-refractivity contribution in [2.24, 2.45) is 5.73 Å². The molecule has 4 N–H and O–H groups in total. The smallest absolute Gasteiger partial charge is 0.0394 e. The molecule has 0 unspecified atom stereocenters. The molecule has 0 saturated carbocycles. The first-order chi connectivity index (χ1) is 6.70. The van der Waals surface area contributed by atoms with E-state index in [2.05, 4.69) is 0 Å². The molecule has 0 aromatic heterocycles. The lowest BCUT2D eigenvalue weighted by Crippen LogP contribution is -2.01. The minimum atomic E-state index is 0.755. The van der Waals surface area contributed by atoms with Crippen LogP contribution in [0.15, 0.2) is 30.4 Å². The maximum Gasteiger partial charge on any atom is 0.0394 e. The van der Waals surface area contributed by atoms with Gasteiger partial charge in [-0.15, -0.1) is 0 Å². The lowest BCUT2D eigenvalue weighted by molar-refractivity contribution is 1.47. The van der Waals surface area contributed by atoms with E-state index in [-0.39, 0.29) is 0 Å². The highest BCUT2D eigenvalue weighted by Crippen LogP contribution is 2.22. The van der Waals surface area contributed by atoms with Crippen LogP contribution in [0.3, 0.4) is 0 Å². The summed E-state index contributed by atoms with van der Waals surface area (Å²) in [6.45, 7) is 3.88. The Balaban J connectivity index is 3.35. The monoisotopic (exact) mass is 188 g/mol. The van der Waals surface area contributed by atoms with E-state index < -0.39 is 0 Å². The van der Waals surface area contributed by atoms with Gasteiger partial charge in [-0.2, -0.15) is 0 Å². The molecule has 0 aliphatic rings. The standard InChI is InChI=1S/C12H16N2/c1-3-6-9-10(11(13)4-2)7-5-8-12(9)14/h3-8H,13-14H2,1-2H3/b6-3-,11-4+. The van der Waals surface area contributed by atoms with Crippen LogP contribution in [0, 0.1) is 0 Å². The molecule has 14 heavy (non-hydrogen) atoms. The molecular formula is C12H16N2. The van der Waals surface area contributed by atoms with Gasteiger partial charge in [0.1, 0.15) is 0 Å². The van der Waals surface area contributed by atoms with Gasteiger partial charge in [-0.25, -0.2) is 0 Å². The van der Waals surface area contributed by atoms with Gasteiger partial charge in [0.2, 0.25) is 0 Å². The molecule has 0 aliphatic heterocycles. The molecular weight excluding hydrogens is 172 g/mol. The first kappa shape index (κ1) is 10.4. The zero-order valence-corrected chi connectivity index (χ0v) is 8.62. The largest absolute Gasteiger partial charge is 0.398 e. The van der Waals surface area contributed by atoms with E-state index >= 15 is 0 Å². The number of allylic oxidation sites excluding steroid dienone is 2. The van der Waals surface area contributed by atoms with Crippen LogP contribution >= 0.6 is 0 Å². The number of nitrogen functional groups attached to an aromatic ring is 1. The van der Waals surface area contributed by atoms with Crippen molar-refractivity contribution in [2.75, 3.05) is 5.73 Å². The first-order valence-corrected chi connectivity index (χ1v) is 4.64. The molecule has 0 fully saturated rings. The van der Waals surface area contributed by atoms with Crippen molar-refractivity contribution >= 4 is 17.5 Å². The van der Waals surface area contributed by atoms with Crippen LogP contribution in [0.1, 0.15) is 25.0 Å². The molecule has 0 saturated heterocycles. The summed E-state index contributed by atoms with van der Waals surface area (Å²) in [5, 5.41) is 0. The third kappa shape index (κ3) is 1.96. The Morgan fingerprint density at radius 3 is 2.57 bits per heavy atom. The topological polar surface area (TPSA) is 52.0 Å². The molecule has 0 amide bonds. The van der Waals surface area contributed by atoms with E-state index in [9.17, 15) is 0 Å². The maximum atomic E-state index is 5.87. The van der Waals surface area contributed by atoms with E-state index in [1.165, 1.54) is 0 Å². The Kier molecular flexibility index (Phi) is 3.35. The van der Waals surface area contributed by atoms with Crippen molar-refractivity contribution in [3.8, 4) is 0 Å². The number of benzene rings is 1. The van der Waals surface area contributed by atoms with E-state index in [0.717, 1.165) is 22.5 Å². The van der Waals surface area contributed by atoms with Crippen molar-refractivity contribution in [2.45, 2.75) is 13.8 Å². The summed E-state index contributed by atoms with van der Waals surface area (Å²) in [4.78, 5) is 0. The van der Waals surface area contributed by atoms with Crippen LogP contribution in [0.4, 0.5) is 5.69 Å². The zero-order chi connectivity index (χ0) is 10.6. The Morgan fingerprint density at radius 1 is 1.29 bits per heavy atom. The van der Waals surface area contributed by atoms with Gasteiger partial charge < -0.3 is 11.5 Å². The van der Waals surface area contributed by atoms with Crippen molar-refractivity contribution < 1.29 is 0 Å². The van der Waals surface area contributed by atoms with E-state index in [1.807, 2.05) is 50.3 Å². The van der Waals surface area contributed by atoms with Gasteiger partial charge in [-0.3, -0.25) is 0 Å². The summed E-state index contributed by atoms with van der Waals surface area (Å²) < 4.78 is 0. The Morgan fingerprint density at radius 2 is 2.00 bits per heavy atom. The molecule has 1 aromatic carbocycles. The summed E-state index contributed by atoms with van der Waals surface area (Å²) in [7, 11) is 0. The SMILES string of the molecule is C/C=C\c1c(N)cccc1/C(N)=C\C. The van der Waals surface area contributed by atoms with Crippen molar-refractivity contribution in [1.82, 2.24) is 0 Å². The van der Waals surface area contributed by atoms with Gasteiger partial charge in [0.05, 0.1) is 0 Å². The van der Waals surface area contributed by atoms with Gasteiger partial charge in [0.15, 0.2) is 0 Å². The number of hydrogen-bond acceptors (Lipinski definition) is 2. The van der Waals surface area contributed by atoms with Gasteiger partial charge >= 0.3 is 0 Å². The van der Waals surface area contributed by atoms with E-state index in [4.69, 9.17) is 11.5 Å². The summed E-state index contributed by atoms with van der Waals surface area (Å²) >= 11 is 0. The number of anilines is 1. The van der Waals surface area contributed by atoms with E-state index in [1.54, 1.807) is 0 Å².